The van der Waals surface area contributed by atoms with Gasteiger partial charge in [-0.1, -0.05) is 13.8 Å². The fourth-order valence-electron chi connectivity index (χ4n) is 3.32. The molecule has 1 aliphatic heterocycles. The van der Waals surface area contributed by atoms with Gasteiger partial charge in [-0.05, 0) is 48.0 Å². The SMILES string of the molecule is CO[C@@]1(C(=O)C(C)(C)CCN(C)C(=O)OC(C)(C)C)CCN(C(=O)OC(C)(C)C)C1. The highest BCUT2D eigenvalue weighted by atomic mass is 16.6. The molecule has 0 aromatic heterocycles. The summed E-state index contributed by atoms with van der Waals surface area (Å²) in [5.41, 5.74) is -3.02. The van der Waals surface area contributed by atoms with Gasteiger partial charge in [0.2, 0.25) is 0 Å². The Morgan fingerprint density at radius 2 is 1.50 bits per heavy atom. The van der Waals surface area contributed by atoms with Gasteiger partial charge in [-0.15, -0.1) is 0 Å². The first-order chi connectivity index (χ1) is 13.4. The predicted molar refractivity (Wildman–Crippen MR) is 114 cm³/mol. The van der Waals surface area contributed by atoms with Crippen LogP contribution in [0.3, 0.4) is 0 Å². The zero-order valence-electron chi connectivity index (χ0n) is 20.4. The molecule has 30 heavy (non-hydrogen) atoms. The second-order valence-corrected chi connectivity index (χ2v) is 10.7. The monoisotopic (exact) mass is 428 g/mol. The summed E-state index contributed by atoms with van der Waals surface area (Å²) < 4.78 is 16.5. The molecule has 1 rings (SSSR count). The Morgan fingerprint density at radius 3 is 1.97 bits per heavy atom. The van der Waals surface area contributed by atoms with Gasteiger partial charge in [-0.2, -0.15) is 0 Å². The molecular formula is C22H40N2O6. The molecule has 1 aliphatic rings. The molecule has 0 saturated carbocycles. The number of Topliss-reactive ketones (excluding diaryl/α,β-unsaturated/α-hetero) is 1. The van der Waals surface area contributed by atoms with E-state index < -0.39 is 34.4 Å². The van der Waals surface area contributed by atoms with Crippen molar-refractivity contribution >= 4 is 18.0 Å². The van der Waals surface area contributed by atoms with E-state index in [1.165, 1.54) is 16.9 Å². The van der Waals surface area contributed by atoms with Crippen LogP contribution in [0.15, 0.2) is 0 Å². The van der Waals surface area contributed by atoms with Crippen molar-refractivity contribution in [3.63, 3.8) is 0 Å². The fourth-order valence-corrected chi connectivity index (χ4v) is 3.32. The highest BCUT2D eigenvalue weighted by Gasteiger charge is 2.51. The van der Waals surface area contributed by atoms with Gasteiger partial charge in [-0.25, -0.2) is 9.59 Å². The Hall–Kier alpha value is -1.83. The van der Waals surface area contributed by atoms with Crippen molar-refractivity contribution in [3.05, 3.63) is 0 Å². The molecule has 0 aromatic carbocycles. The standard InChI is InChI=1S/C22H40N2O6/c1-19(2,3)29-17(26)23(9)13-11-21(7,8)16(25)22(28-10)12-14-24(15-22)18(27)30-20(4,5)6/h11-15H2,1-10H3/t22-/m0/s1. The Bertz CT molecular complexity index is 647. The molecule has 0 unspecified atom stereocenters. The quantitative estimate of drug-likeness (QED) is 0.638. The molecule has 0 aliphatic carbocycles. The lowest BCUT2D eigenvalue weighted by molar-refractivity contribution is -0.149. The molecule has 8 nitrogen and oxygen atoms in total. The van der Waals surface area contributed by atoms with Gasteiger partial charge in [0, 0.05) is 39.1 Å². The normalized spacial score (nSPS) is 20.1. The van der Waals surface area contributed by atoms with Crippen LogP contribution < -0.4 is 0 Å². The van der Waals surface area contributed by atoms with Crippen LogP contribution in [0.1, 0.15) is 68.2 Å². The van der Waals surface area contributed by atoms with E-state index >= 15 is 0 Å². The summed E-state index contributed by atoms with van der Waals surface area (Å²) in [6.45, 7) is 15.4. The van der Waals surface area contributed by atoms with Gasteiger partial charge >= 0.3 is 12.2 Å². The van der Waals surface area contributed by atoms with E-state index in [2.05, 4.69) is 0 Å². The first kappa shape index (κ1) is 26.2. The second kappa shape index (κ2) is 9.12. The highest BCUT2D eigenvalue weighted by Crippen LogP contribution is 2.36. The minimum Gasteiger partial charge on any atom is -0.444 e. The van der Waals surface area contributed by atoms with Gasteiger partial charge in [-0.3, -0.25) is 4.79 Å². The number of ether oxygens (including phenoxy) is 3. The van der Waals surface area contributed by atoms with Crippen LogP contribution in [-0.4, -0.2) is 78.4 Å². The fraction of sp³-hybridized carbons (Fsp3) is 0.864. The molecule has 1 atom stereocenters. The summed E-state index contributed by atoms with van der Waals surface area (Å²) in [7, 11) is 3.15. The van der Waals surface area contributed by atoms with E-state index in [4.69, 9.17) is 14.2 Å². The molecule has 1 heterocycles. The predicted octanol–water partition coefficient (Wildman–Crippen LogP) is 3.86. The molecule has 1 saturated heterocycles. The number of hydrogen-bond acceptors (Lipinski definition) is 6. The van der Waals surface area contributed by atoms with Crippen LogP contribution in [0.25, 0.3) is 0 Å². The largest absolute Gasteiger partial charge is 0.444 e. The van der Waals surface area contributed by atoms with Crippen LogP contribution in [0, 0.1) is 5.41 Å². The second-order valence-electron chi connectivity index (χ2n) is 10.7. The van der Waals surface area contributed by atoms with Gasteiger partial charge in [0.15, 0.2) is 5.78 Å². The van der Waals surface area contributed by atoms with Gasteiger partial charge < -0.3 is 24.0 Å². The van der Waals surface area contributed by atoms with Crippen LogP contribution >= 0.6 is 0 Å². The van der Waals surface area contributed by atoms with Crippen molar-refractivity contribution in [1.82, 2.24) is 9.80 Å². The third-order valence-corrected chi connectivity index (χ3v) is 5.08. The Balaban J connectivity index is 2.80. The minimum atomic E-state index is -1.08. The van der Waals surface area contributed by atoms with Gasteiger partial charge in [0.05, 0.1) is 6.54 Å². The van der Waals surface area contributed by atoms with E-state index in [-0.39, 0.29) is 12.3 Å². The van der Waals surface area contributed by atoms with E-state index in [9.17, 15) is 14.4 Å². The Kier molecular flexibility index (Phi) is 7.97. The van der Waals surface area contributed by atoms with Crippen molar-refractivity contribution < 1.29 is 28.6 Å². The summed E-state index contributed by atoms with van der Waals surface area (Å²) in [5, 5.41) is 0. The third-order valence-electron chi connectivity index (χ3n) is 5.08. The van der Waals surface area contributed by atoms with E-state index in [0.717, 1.165) is 0 Å². The zero-order chi connectivity index (χ0) is 23.5. The topological polar surface area (TPSA) is 85.4 Å². The van der Waals surface area contributed by atoms with E-state index in [1.807, 2.05) is 34.6 Å². The maximum atomic E-state index is 13.4. The van der Waals surface area contributed by atoms with E-state index in [1.54, 1.807) is 27.8 Å². The zero-order valence-corrected chi connectivity index (χ0v) is 20.4. The molecular weight excluding hydrogens is 388 g/mol. The summed E-state index contributed by atoms with van der Waals surface area (Å²) in [6.07, 6.45) is -0.0210. The van der Waals surface area contributed by atoms with Crippen molar-refractivity contribution in [2.45, 2.75) is 85.0 Å². The number of methoxy groups -OCH3 is 1. The summed E-state index contributed by atoms with van der Waals surface area (Å²) in [5.74, 6) is -0.0823. The minimum absolute atomic E-state index is 0.0823. The number of likely N-dealkylation sites (tertiary alicyclic amines) is 1. The lowest BCUT2D eigenvalue weighted by Gasteiger charge is -2.35. The molecule has 0 radical (unpaired) electrons. The van der Waals surface area contributed by atoms with Gasteiger partial charge in [0.1, 0.15) is 16.8 Å². The van der Waals surface area contributed by atoms with Crippen LogP contribution in [0.2, 0.25) is 0 Å². The first-order valence-corrected chi connectivity index (χ1v) is 10.4. The number of carbonyl (C=O) groups excluding carboxylic acids is 3. The number of carbonyl (C=O) groups is 3. The molecule has 0 bridgehead atoms. The molecule has 174 valence electrons. The maximum absolute atomic E-state index is 13.4. The first-order valence-electron chi connectivity index (χ1n) is 10.4. The number of hydrogen-bond donors (Lipinski definition) is 0. The number of ketones is 1. The Morgan fingerprint density at radius 1 is 0.967 bits per heavy atom. The lowest BCUT2D eigenvalue weighted by Crippen LogP contribution is -2.51. The molecule has 0 spiro atoms. The number of rotatable bonds is 6. The molecule has 1 fully saturated rings. The Labute approximate surface area is 181 Å². The summed E-state index contributed by atoms with van der Waals surface area (Å²) in [4.78, 5) is 41.1. The number of amides is 2. The van der Waals surface area contributed by atoms with Crippen LogP contribution in [0.4, 0.5) is 9.59 Å². The highest BCUT2D eigenvalue weighted by molar-refractivity contribution is 5.93. The van der Waals surface area contributed by atoms with Gasteiger partial charge in [0.25, 0.3) is 0 Å². The maximum Gasteiger partial charge on any atom is 0.410 e. The van der Waals surface area contributed by atoms with Crippen molar-refractivity contribution in [3.8, 4) is 0 Å². The van der Waals surface area contributed by atoms with E-state index in [0.29, 0.717) is 25.9 Å². The molecule has 2 amide bonds. The third kappa shape index (κ3) is 7.15. The number of nitrogens with zero attached hydrogens (tertiary/aromatic N) is 2. The van der Waals surface area contributed by atoms with Crippen LogP contribution in [-0.2, 0) is 19.0 Å². The molecule has 0 aromatic rings. The summed E-state index contributed by atoms with van der Waals surface area (Å²) in [6, 6.07) is 0. The average Bonchev–Trinajstić information content (AvgIpc) is 3.02. The van der Waals surface area contributed by atoms with Crippen molar-refractivity contribution in [2.75, 3.05) is 33.8 Å². The lowest BCUT2D eigenvalue weighted by atomic mass is 9.75. The van der Waals surface area contributed by atoms with Crippen molar-refractivity contribution in [1.29, 1.82) is 0 Å². The average molecular weight is 429 g/mol. The smallest absolute Gasteiger partial charge is 0.410 e. The summed E-state index contributed by atoms with van der Waals surface area (Å²) >= 11 is 0. The van der Waals surface area contributed by atoms with Crippen LogP contribution in [0.5, 0.6) is 0 Å². The molecule has 0 N–H and O–H groups in total. The molecule has 8 heteroatoms. The van der Waals surface area contributed by atoms with Crippen molar-refractivity contribution in [2.24, 2.45) is 5.41 Å².